The Balaban J connectivity index is 0.000000291. The van der Waals surface area contributed by atoms with E-state index in [0.717, 1.165) is 0 Å². The van der Waals surface area contributed by atoms with Gasteiger partial charge in [0.05, 0.1) is 19.8 Å². The molecule has 3 aromatic carbocycles. The third-order valence-corrected chi connectivity index (χ3v) is 18.8. The van der Waals surface area contributed by atoms with Crippen LogP contribution in [0.2, 0.25) is 0 Å². The summed E-state index contributed by atoms with van der Waals surface area (Å²) in [4.78, 5) is 1.79. The van der Waals surface area contributed by atoms with E-state index in [4.69, 9.17) is 17.0 Å². The summed E-state index contributed by atoms with van der Waals surface area (Å²) in [6.45, 7) is 1.75. The first-order valence-corrected chi connectivity index (χ1v) is 16.4. The van der Waals surface area contributed by atoms with E-state index in [0.29, 0.717) is 19.6 Å². The number of nitrogens with zero attached hydrogens (tertiary/aromatic N) is 1. The fourth-order valence-corrected chi connectivity index (χ4v) is 16.7. The Bertz CT molecular complexity index is 729. The average molecular weight is 563 g/mol. The Kier molecular flexibility index (Phi) is 12.6. The SMILES string of the molecule is OCCN(CCO)CCO.[Ti][O][Sn]([c]1ccccc1)([c]1ccccc1)[c]1ccccc1. The molecule has 3 N–H and O–H groups in total. The van der Waals surface area contributed by atoms with Gasteiger partial charge < -0.3 is 15.3 Å². The summed E-state index contributed by atoms with van der Waals surface area (Å²) < 4.78 is 10.3. The minimum atomic E-state index is -3.33. The van der Waals surface area contributed by atoms with E-state index >= 15 is 0 Å². The van der Waals surface area contributed by atoms with Crippen molar-refractivity contribution >= 4 is 29.5 Å². The van der Waals surface area contributed by atoms with Crippen LogP contribution in [0.5, 0.6) is 0 Å². The normalized spacial score (nSPS) is 11.1. The molecule has 0 saturated heterocycles. The van der Waals surface area contributed by atoms with Crippen LogP contribution in [0.25, 0.3) is 0 Å². The van der Waals surface area contributed by atoms with Gasteiger partial charge >= 0.3 is 143 Å². The maximum atomic E-state index is 8.48. The standard InChI is InChI=1S/C6H15NO3.3C6H5.O.Sn.Ti/c8-4-1-7(2-5-9)3-6-10;3*1-2-4-6-5-3-1;;;/h8-10H,1-6H2;3*1-5H;;;. The van der Waals surface area contributed by atoms with E-state index in [1.807, 2.05) is 20.8 Å². The molecule has 7 heteroatoms. The van der Waals surface area contributed by atoms with Crippen molar-refractivity contribution in [2.24, 2.45) is 0 Å². The van der Waals surface area contributed by atoms with E-state index < -0.39 is 18.8 Å². The van der Waals surface area contributed by atoms with Crippen LogP contribution < -0.4 is 10.7 Å². The molecule has 0 saturated carbocycles. The summed E-state index contributed by atoms with van der Waals surface area (Å²) in [7, 11) is 0. The van der Waals surface area contributed by atoms with Gasteiger partial charge in [-0.15, -0.1) is 0 Å². The van der Waals surface area contributed by atoms with Crippen molar-refractivity contribution in [2.45, 2.75) is 0 Å². The van der Waals surface area contributed by atoms with Gasteiger partial charge in [0.2, 0.25) is 0 Å². The number of rotatable bonds is 10. The Hall–Kier alpha value is -1.03. The van der Waals surface area contributed by atoms with Crippen LogP contribution in [-0.4, -0.2) is 78.5 Å². The summed E-state index contributed by atoms with van der Waals surface area (Å²) in [6, 6.07) is 32.0. The van der Waals surface area contributed by atoms with Gasteiger partial charge in [0.1, 0.15) is 0 Å². The van der Waals surface area contributed by atoms with Crippen molar-refractivity contribution in [2.75, 3.05) is 39.5 Å². The number of aliphatic hydroxyl groups excluding tert-OH is 3. The predicted molar refractivity (Wildman–Crippen MR) is 123 cm³/mol. The van der Waals surface area contributed by atoms with Gasteiger partial charge in [0.25, 0.3) is 0 Å². The molecule has 0 amide bonds. The van der Waals surface area contributed by atoms with Crippen LogP contribution >= 0.6 is 0 Å². The van der Waals surface area contributed by atoms with Crippen LogP contribution in [0.3, 0.4) is 0 Å². The van der Waals surface area contributed by atoms with Crippen molar-refractivity contribution in [1.82, 2.24) is 4.90 Å². The molecule has 5 nitrogen and oxygen atoms in total. The zero-order valence-electron chi connectivity index (χ0n) is 17.6. The minimum absolute atomic E-state index is 0.0694. The molecule has 163 valence electrons. The topological polar surface area (TPSA) is 73.2 Å². The van der Waals surface area contributed by atoms with Crippen LogP contribution in [0.1, 0.15) is 0 Å². The molecule has 31 heavy (non-hydrogen) atoms. The second-order valence-corrected chi connectivity index (χ2v) is 18.4. The molecular weight excluding hydrogens is 533 g/mol. The monoisotopic (exact) mass is 564 g/mol. The number of hydrogen-bond acceptors (Lipinski definition) is 5. The molecule has 0 aliphatic heterocycles. The molecule has 0 atom stereocenters. The Morgan fingerprint density at radius 1 is 0.581 bits per heavy atom. The summed E-state index contributed by atoms with van der Waals surface area (Å²) in [5, 5.41) is 25.5. The van der Waals surface area contributed by atoms with E-state index in [1.54, 1.807) is 4.90 Å². The van der Waals surface area contributed by atoms with Crippen molar-refractivity contribution in [1.29, 1.82) is 0 Å². The van der Waals surface area contributed by atoms with Crippen LogP contribution in [0.4, 0.5) is 0 Å². The van der Waals surface area contributed by atoms with Gasteiger partial charge in [-0.1, -0.05) is 0 Å². The average Bonchev–Trinajstić information content (AvgIpc) is 2.83. The van der Waals surface area contributed by atoms with Crippen LogP contribution in [0, 0.1) is 0 Å². The fourth-order valence-electron chi connectivity index (χ4n) is 3.46. The molecule has 0 aromatic heterocycles. The van der Waals surface area contributed by atoms with Crippen molar-refractivity contribution in [3.8, 4) is 0 Å². The van der Waals surface area contributed by atoms with E-state index in [2.05, 4.69) is 91.0 Å². The van der Waals surface area contributed by atoms with Gasteiger partial charge in [-0.25, -0.2) is 0 Å². The molecule has 0 fully saturated rings. The number of aliphatic hydroxyl groups is 3. The number of benzene rings is 3. The number of hydrogen-bond donors (Lipinski definition) is 3. The zero-order chi connectivity index (χ0) is 22.4. The molecule has 0 aliphatic rings. The van der Waals surface area contributed by atoms with Crippen LogP contribution in [0.15, 0.2) is 91.0 Å². The molecule has 3 aromatic rings. The fraction of sp³-hybridized carbons (Fsp3) is 0.250. The van der Waals surface area contributed by atoms with Gasteiger partial charge in [-0.3, -0.25) is 4.90 Å². The van der Waals surface area contributed by atoms with Gasteiger partial charge in [0.15, 0.2) is 0 Å². The summed E-state index contributed by atoms with van der Waals surface area (Å²) in [5.74, 6) is 0. The van der Waals surface area contributed by atoms with Crippen molar-refractivity contribution < 1.29 is 37.8 Å². The summed E-state index contributed by atoms with van der Waals surface area (Å²) in [5.41, 5.74) is 0. The summed E-state index contributed by atoms with van der Waals surface area (Å²) in [6.07, 6.45) is 0. The van der Waals surface area contributed by atoms with E-state index in [1.165, 1.54) is 10.7 Å². The predicted octanol–water partition coefficient (Wildman–Crippen LogP) is 0.397. The van der Waals surface area contributed by atoms with Gasteiger partial charge in [-0.05, 0) is 0 Å². The van der Waals surface area contributed by atoms with E-state index in [-0.39, 0.29) is 19.8 Å². The van der Waals surface area contributed by atoms with Crippen molar-refractivity contribution in [3.05, 3.63) is 91.0 Å². The Labute approximate surface area is 201 Å². The van der Waals surface area contributed by atoms with Crippen molar-refractivity contribution in [3.63, 3.8) is 0 Å². The Morgan fingerprint density at radius 2 is 0.871 bits per heavy atom. The summed E-state index contributed by atoms with van der Waals surface area (Å²) >= 11 is -1.46. The molecule has 0 radical (unpaired) electrons. The molecule has 3 rings (SSSR count). The first-order valence-electron chi connectivity index (χ1n) is 10.3. The van der Waals surface area contributed by atoms with E-state index in [9.17, 15) is 0 Å². The molecule has 0 spiro atoms. The molecule has 0 aliphatic carbocycles. The molecular formula is C24H30NO4SnTi. The molecule has 0 unspecified atom stereocenters. The molecule has 0 heterocycles. The quantitative estimate of drug-likeness (QED) is 0.312. The third-order valence-electron chi connectivity index (χ3n) is 4.94. The van der Waals surface area contributed by atoms with Gasteiger partial charge in [0, 0.05) is 19.6 Å². The first-order chi connectivity index (χ1) is 15.2. The second kappa shape index (κ2) is 14.9. The van der Waals surface area contributed by atoms with Crippen LogP contribution in [-0.2, 0) is 22.5 Å². The maximum absolute atomic E-state index is 8.48. The third kappa shape index (κ3) is 7.51. The van der Waals surface area contributed by atoms with Gasteiger partial charge in [-0.2, -0.15) is 0 Å². The first kappa shape index (κ1) is 26.2. The Morgan fingerprint density at radius 3 is 1.10 bits per heavy atom. The molecule has 0 bridgehead atoms. The second-order valence-electron chi connectivity index (χ2n) is 6.89. The zero-order valence-corrected chi connectivity index (χ0v) is 22.0.